The van der Waals surface area contributed by atoms with Crippen LogP contribution in [0.3, 0.4) is 0 Å². The van der Waals surface area contributed by atoms with Crippen LogP contribution in [-0.4, -0.2) is 140 Å². The molecule has 0 saturated carbocycles. The van der Waals surface area contributed by atoms with Gasteiger partial charge in [-0.3, -0.25) is 48.2 Å². The van der Waals surface area contributed by atoms with Crippen LogP contribution < -0.4 is 80.0 Å². The molecule has 32 heteroatoms. The van der Waals surface area contributed by atoms with E-state index in [9.17, 15) is 58.2 Å². The molecule has 2 aromatic heterocycles. The summed E-state index contributed by atoms with van der Waals surface area (Å²) in [6.45, 7) is 2.19. The first kappa shape index (κ1) is 51.4. The number of fused-ring (bicyclic) bond motifs is 2. The third-order valence-corrected chi connectivity index (χ3v) is 11.2. The van der Waals surface area contributed by atoms with Crippen LogP contribution in [0.25, 0.3) is 0 Å². The van der Waals surface area contributed by atoms with Gasteiger partial charge in [-0.15, -0.1) is 33.7 Å². The van der Waals surface area contributed by atoms with E-state index < -0.39 is 129 Å². The molecule has 2 unspecified atom stereocenters. The van der Waals surface area contributed by atoms with E-state index in [4.69, 9.17) is 19.7 Å². The molecule has 4 aliphatic heterocycles. The van der Waals surface area contributed by atoms with Crippen LogP contribution >= 0.6 is 23.5 Å². The maximum Gasteiger partial charge on any atom is 1.00 e. The minimum Gasteiger partial charge on any atom is -0.543 e. The zero-order valence-corrected chi connectivity index (χ0v) is 38.5. The van der Waals surface area contributed by atoms with Crippen molar-refractivity contribution < 1.29 is 137 Å². The SMILES string of the molecule is CC1(NC(=O)Cn2cnnn2)S[C@@H]2CC(=O)N2C(C(=O)[O-])=C1OC(=O)CCC(=O)O.CC1(NC(=O)Cn2cnnn2)S[C@@H]2CC(=O)N2C(C(=O)[O-])=C1OC(=O)CCC(=O)O.[Na+].[Na+]. The van der Waals surface area contributed by atoms with Gasteiger partial charge in [-0.1, -0.05) is 0 Å². The summed E-state index contributed by atoms with van der Waals surface area (Å²) >= 11 is 1.99. The molecular weight excluding hydrogens is 895 g/mol. The maximum absolute atomic E-state index is 12.5. The second-order valence-electron chi connectivity index (χ2n) is 12.9. The third-order valence-electron chi connectivity index (χ3n) is 8.39. The molecule has 4 aliphatic rings. The number of nitrogens with one attached hydrogen (secondary N) is 2. The fourth-order valence-corrected chi connectivity index (χ4v) is 8.86. The number of ether oxygens (including phenoxy) is 2. The predicted molar refractivity (Wildman–Crippen MR) is 184 cm³/mol. The molecule has 4 N–H and O–H groups in total. The molecule has 320 valence electrons. The number of hydrogen-bond donors (Lipinski definition) is 4. The summed E-state index contributed by atoms with van der Waals surface area (Å²) in [7, 11) is 0. The van der Waals surface area contributed by atoms with Gasteiger partial charge in [-0.05, 0) is 34.7 Å². The zero-order chi connectivity index (χ0) is 44.1. The minimum atomic E-state index is -1.78. The first-order valence-corrected chi connectivity index (χ1v) is 18.8. The van der Waals surface area contributed by atoms with Crippen molar-refractivity contribution in [1.29, 1.82) is 0 Å². The van der Waals surface area contributed by atoms with Crippen LogP contribution in [-0.2, 0) is 70.5 Å². The number of amides is 4. The largest absolute Gasteiger partial charge is 1.00 e. The van der Waals surface area contributed by atoms with Crippen molar-refractivity contribution in [1.82, 2.24) is 60.8 Å². The Hall–Kier alpha value is -4.98. The summed E-state index contributed by atoms with van der Waals surface area (Å²) in [6, 6.07) is 0. The standard InChI is InChI=1S/2C15H16N6O8S.2Na/c2*1-15(17-7(22)5-20-6-16-18-19-20)13(29-11(26)3-2-10(24)25)12(14(27)28)21-8(23)4-9(21)30-15;;/h2*6,9H,2-5H2,1H3,(H,17,22)(H,24,25)(H,27,28);;/q;;2*+1/p-2/t2*9-,15?;;/m11../s1. The minimum absolute atomic E-state index is 0. The second-order valence-corrected chi connectivity index (χ2v) is 16.1. The van der Waals surface area contributed by atoms with Crippen molar-refractivity contribution in [2.75, 3.05) is 0 Å². The number of esters is 2. The van der Waals surface area contributed by atoms with E-state index in [1.165, 1.54) is 26.5 Å². The summed E-state index contributed by atoms with van der Waals surface area (Å²) < 4.78 is 12.5. The summed E-state index contributed by atoms with van der Waals surface area (Å²) in [5, 5.41) is 65.6. The molecule has 2 fully saturated rings. The predicted octanol–water partition coefficient (Wildman–Crippen LogP) is -11.6. The van der Waals surface area contributed by atoms with Gasteiger partial charge in [0.2, 0.25) is 23.6 Å². The number of thioether (sulfide) groups is 2. The van der Waals surface area contributed by atoms with Gasteiger partial charge in [0.15, 0.2) is 11.5 Å². The molecule has 0 bridgehead atoms. The number of carbonyl (C=O) groups is 10. The van der Waals surface area contributed by atoms with Crippen LogP contribution in [0.4, 0.5) is 0 Å². The van der Waals surface area contributed by atoms with Crippen LogP contribution in [0.1, 0.15) is 52.4 Å². The number of nitrogens with zero attached hydrogens (tertiary/aromatic N) is 10. The van der Waals surface area contributed by atoms with Crippen molar-refractivity contribution >= 4 is 83.0 Å². The molecular formula is C30H30N12Na2O16S2. The summed E-state index contributed by atoms with van der Waals surface area (Å²) in [5.74, 6) is -11.5. The van der Waals surface area contributed by atoms with Crippen molar-refractivity contribution in [2.45, 2.75) is 86.0 Å². The molecule has 2 aromatic rings. The van der Waals surface area contributed by atoms with E-state index in [-0.39, 0.29) is 85.0 Å². The zero-order valence-electron chi connectivity index (χ0n) is 32.9. The van der Waals surface area contributed by atoms with Gasteiger partial charge in [0.05, 0.1) is 61.2 Å². The van der Waals surface area contributed by atoms with Gasteiger partial charge in [-0.2, -0.15) is 0 Å². The number of tetrazole rings is 2. The van der Waals surface area contributed by atoms with Gasteiger partial charge >= 0.3 is 83.0 Å². The molecule has 4 amide bonds. The van der Waals surface area contributed by atoms with Gasteiger partial charge in [-0.25, -0.2) is 9.36 Å². The van der Waals surface area contributed by atoms with Gasteiger partial charge in [0.25, 0.3) is 0 Å². The number of rotatable bonds is 16. The third kappa shape index (κ3) is 12.1. The van der Waals surface area contributed by atoms with E-state index in [2.05, 4.69) is 41.7 Å². The van der Waals surface area contributed by atoms with Crippen LogP contribution in [0.2, 0.25) is 0 Å². The Labute approximate surface area is 399 Å². The smallest absolute Gasteiger partial charge is 0.543 e. The first-order chi connectivity index (χ1) is 28.2. The molecule has 62 heavy (non-hydrogen) atoms. The number of β-lactam (4-membered cyclic amide) rings is 2. The summed E-state index contributed by atoms with van der Waals surface area (Å²) in [5.41, 5.74) is -1.38. The van der Waals surface area contributed by atoms with Gasteiger partial charge < -0.3 is 50.1 Å². The Morgan fingerprint density at radius 3 is 1.32 bits per heavy atom. The normalized spacial score (nSPS) is 22.0. The number of carboxylic acids is 4. The fourth-order valence-electron chi connectivity index (χ4n) is 5.83. The molecule has 6 heterocycles. The van der Waals surface area contributed by atoms with E-state index in [1.807, 2.05) is 0 Å². The molecule has 0 radical (unpaired) electrons. The van der Waals surface area contributed by atoms with Crippen LogP contribution in [0, 0.1) is 0 Å². The van der Waals surface area contributed by atoms with Crippen molar-refractivity contribution in [3.05, 3.63) is 35.6 Å². The number of carboxylic acid groups (broad SMARTS) is 4. The molecule has 4 atom stereocenters. The molecule has 0 spiro atoms. The average Bonchev–Trinajstić information content (AvgIpc) is 3.86. The molecule has 6 rings (SSSR count). The topological polar surface area (TPSA) is 393 Å². The quantitative estimate of drug-likeness (QED) is 0.0690. The number of carbonyl (C=O) groups excluding carboxylic acids is 8. The molecule has 0 aromatic carbocycles. The average molecular weight is 925 g/mol. The molecule has 2 saturated heterocycles. The van der Waals surface area contributed by atoms with Crippen molar-refractivity contribution in [3.8, 4) is 0 Å². The Balaban J connectivity index is 0.000000320. The van der Waals surface area contributed by atoms with E-state index in [0.29, 0.717) is 0 Å². The maximum atomic E-state index is 12.5. The van der Waals surface area contributed by atoms with Gasteiger partial charge in [0, 0.05) is 0 Å². The Bertz CT molecular complexity index is 2060. The molecule has 28 nitrogen and oxygen atoms in total. The number of aliphatic carboxylic acids is 4. The van der Waals surface area contributed by atoms with Crippen LogP contribution in [0.5, 0.6) is 0 Å². The first-order valence-electron chi connectivity index (χ1n) is 17.0. The van der Waals surface area contributed by atoms with Crippen LogP contribution in [0.15, 0.2) is 35.6 Å². The summed E-state index contributed by atoms with van der Waals surface area (Å²) in [6.07, 6.45) is 0.224. The Morgan fingerprint density at radius 1 is 0.694 bits per heavy atom. The monoisotopic (exact) mass is 924 g/mol. The fraction of sp³-hybridized carbons (Fsp3) is 0.467. The molecule has 0 aliphatic carbocycles. The van der Waals surface area contributed by atoms with Gasteiger partial charge in [0.1, 0.15) is 46.9 Å². The van der Waals surface area contributed by atoms with E-state index >= 15 is 0 Å². The van der Waals surface area contributed by atoms with Crippen molar-refractivity contribution in [3.63, 3.8) is 0 Å². The Kier molecular flexibility index (Phi) is 17.7. The Morgan fingerprint density at radius 2 is 1.05 bits per heavy atom. The summed E-state index contributed by atoms with van der Waals surface area (Å²) in [4.78, 5) is 117. The van der Waals surface area contributed by atoms with Crippen molar-refractivity contribution in [2.24, 2.45) is 0 Å². The second kappa shape index (κ2) is 21.4. The van der Waals surface area contributed by atoms with E-state index in [0.717, 1.165) is 42.7 Å². The van der Waals surface area contributed by atoms with E-state index in [1.54, 1.807) is 0 Å². The number of aromatic nitrogens is 8. The number of hydrogen-bond acceptors (Lipinski definition) is 22.